The van der Waals surface area contributed by atoms with E-state index in [2.05, 4.69) is 185 Å². The van der Waals surface area contributed by atoms with Crippen molar-refractivity contribution in [2.75, 3.05) is 0 Å². The number of benzene rings is 8. The summed E-state index contributed by atoms with van der Waals surface area (Å²) in [7, 11) is 0. The Hall–Kier alpha value is -6.84. The van der Waals surface area contributed by atoms with Gasteiger partial charge in [0, 0.05) is 32.6 Å². The van der Waals surface area contributed by atoms with Crippen molar-refractivity contribution >= 4 is 65.6 Å². The third-order valence-corrected chi connectivity index (χ3v) is 10.5. The zero-order valence-corrected chi connectivity index (χ0v) is 27.6. The highest BCUT2D eigenvalue weighted by Crippen LogP contribution is 2.42. The van der Waals surface area contributed by atoms with Gasteiger partial charge in [-0.3, -0.25) is 0 Å². The molecule has 51 heavy (non-hydrogen) atoms. The minimum absolute atomic E-state index is 0.893. The van der Waals surface area contributed by atoms with E-state index in [0.29, 0.717) is 0 Å². The summed E-state index contributed by atoms with van der Waals surface area (Å²) in [4.78, 5) is 0. The van der Waals surface area contributed by atoms with E-state index >= 15 is 0 Å². The predicted octanol–water partition coefficient (Wildman–Crippen LogP) is 13.1. The van der Waals surface area contributed by atoms with Gasteiger partial charge in [0.2, 0.25) is 0 Å². The van der Waals surface area contributed by atoms with Gasteiger partial charge in [-0.1, -0.05) is 121 Å². The largest absolute Gasteiger partial charge is 0.456 e. The molecule has 0 unspecified atom stereocenters. The Bertz CT molecular complexity index is 3120. The van der Waals surface area contributed by atoms with E-state index in [9.17, 15) is 0 Å². The normalized spacial score (nSPS) is 11.9. The Morgan fingerprint density at radius 1 is 0.314 bits per heavy atom. The predicted molar refractivity (Wildman–Crippen MR) is 213 cm³/mol. The SMILES string of the molecule is c1ccc(-c2cccc(-c3ccc(-n4c5ccccc5c5cc6c7ccccc7n(-c7cccc8oc9ccccc9c78)c6cc54)cc3)c2)cc1. The molecule has 0 amide bonds. The van der Waals surface area contributed by atoms with Crippen LogP contribution < -0.4 is 0 Å². The van der Waals surface area contributed by atoms with E-state index in [1.807, 2.05) is 6.07 Å². The van der Waals surface area contributed by atoms with Crippen LogP contribution in [0.3, 0.4) is 0 Å². The molecule has 238 valence electrons. The molecule has 8 aromatic carbocycles. The molecule has 0 spiro atoms. The van der Waals surface area contributed by atoms with Gasteiger partial charge in [0.25, 0.3) is 0 Å². The van der Waals surface area contributed by atoms with Crippen molar-refractivity contribution in [2.24, 2.45) is 0 Å². The minimum Gasteiger partial charge on any atom is -0.456 e. The molecule has 0 bridgehead atoms. The number of nitrogens with zero attached hydrogens (tertiary/aromatic N) is 2. The lowest BCUT2D eigenvalue weighted by Crippen LogP contribution is -1.96. The van der Waals surface area contributed by atoms with Crippen molar-refractivity contribution in [3.63, 3.8) is 0 Å². The van der Waals surface area contributed by atoms with Crippen LogP contribution >= 0.6 is 0 Å². The Morgan fingerprint density at radius 3 is 1.61 bits per heavy atom. The maximum Gasteiger partial charge on any atom is 0.137 e. The van der Waals surface area contributed by atoms with Crippen molar-refractivity contribution in [1.29, 1.82) is 0 Å². The van der Waals surface area contributed by atoms with Gasteiger partial charge in [0.1, 0.15) is 11.2 Å². The van der Waals surface area contributed by atoms with Gasteiger partial charge in [-0.2, -0.15) is 0 Å². The highest BCUT2D eigenvalue weighted by Gasteiger charge is 2.20. The summed E-state index contributed by atoms with van der Waals surface area (Å²) in [6, 6.07) is 65.5. The Morgan fingerprint density at radius 2 is 0.863 bits per heavy atom. The van der Waals surface area contributed by atoms with Crippen LogP contribution in [0.25, 0.3) is 99.2 Å². The van der Waals surface area contributed by atoms with Crippen molar-refractivity contribution in [3.05, 3.63) is 182 Å². The third-order valence-electron chi connectivity index (χ3n) is 10.5. The molecule has 0 aliphatic heterocycles. The number of furan rings is 1. The zero-order valence-electron chi connectivity index (χ0n) is 27.6. The average Bonchev–Trinajstić information content (AvgIpc) is 3.85. The minimum atomic E-state index is 0.893. The van der Waals surface area contributed by atoms with Crippen LogP contribution in [0.1, 0.15) is 0 Å². The molecule has 0 saturated heterocycles. The van der Waals surface area contributed by atoms with Crippen molar-refractivity contribution in [3.8, 4) is 33.6 Å². The van der Waals surface area contributed by atoms with Crippen LogP contribution in [0, 0.1) is 0 Å². The molecule has 3 nitrogen and oxygen atoms in total. The monoisotopic (exact) mass is 650 g/mol. The van der Waals surface area contributed by atoms with E-state index in [-0.39, 0.29) is 0 Å². The molecule has 3 heteroatoms. The van der Waals surface area contributed by atoms with Crippen molar-refractivity contribution < 1.29 is 4.42 Å². The van der Waals surface area contributed by atoms with Crippen LogP contribution in [0.2, 0.25) is 0 Å². The van der Waals surface area contributed by atoms with Crippen molar-refractivity contribution in [1.82, 2.24) is 9.13 Å². The first-order chi connectivity index (χ1) is 25.3. The Balaban J connectivity index is 1.15. The molecule has 11 rings (SSSR count). The second kappa shape index (κ2) is 10.8. The van der Waals surface area contributed by atoms with Gasteiger partial charge in [-0.05, 0) is 82.9 Å². The number of hydrogen-bond donors (Lipinski definition) is 0. The smallest absolute Gasteiger partial charge is 0.137 e. The van der Waals surface area contributed by atoms with E-state index < -0.39 is 0 Å². The average molecular weight is 651 g/mol. The molecule has 0 saturated carbocycles. The van der Waals surface area contributed by atoms with E-state index in [4.69, 9.17) is 4.42 Å². The third kappa shape index (κ3) is 4.19. The standard InChI is InChI=1S/C48H30N2O/c1-2-12-31(13-3-1)33-14-10-15-34(28-33)32-24-26-35(27-25-32)49-41-19-7-4-16-36(41)39-29-40-37-17-5-8-20-42(37)50(45(40)30-44(39)49)43-21-11-23-47-48(43)38-18-6-9-22-46(38)51-47/h1-30H. The fourth-order valence-electron chi connectivity index (χ4n) is 8.22. The second-order valence-corrected chi connectivity index (χ2v) is 13.3. The van der Waals surface area contributed by atoms with Crippen LogP contribution in [0.5, 0.6) is 0 Å². The number of hydrogen-bond acceptors (Lipinski definition) is 1. The summed E-state index contributed by atoms with van der Waals surface area (Å²) in [5.74, 6) is 0. The molecule has 0 fully saturated rings. The lowest BCUT2D eigenvalue weighted by Gasteiger charge is -2.12. The van der Waals surface area contributed by atoms with Gasteiger partial charge in [0.05, 0.1) is 33.1 Å². The maximum absolute atomic E-state index is 6.36. The first-order valence-electron chi connectivity index (χ1n) is 17.4. The summed E-state index contributed by atoms with van der Waals surface area (Å²) >= 11 is 0. The van der Waals surface area contributed by atoms with Gasteiger partial charge in [0.15, 0.2) is 0 Å². The summed E-state index contributed by atoms with van der Waals surface area (Å²) in [6.45, 7) is 0. The number of para-hydroxylation sites is 3. The molecule has 0 N–H and O–H groups in total. The van der Waals surface area contributed by atoms with Crippen molar-refractivity contribution in [2.45, 2.75) is 0 Å². The lowest BCUT2D eigenvalue weighted by atomic mass is 9.99. The Labute approximate surface area is 293 Å². The Kier molecular flexibility index (Phi) is 5.96. The molecule has 3 heterocycles. The van der Waals surface area contributed by atoms with Gasteiger partial charge < -0.3 is 13.6 Å². The molecule has 11 aromatic rings. The topological polar surface area (TPSA) is 23.0 Å². The fourth-order valence-corrected chi connectivity index (χ4v) is 8.22. The van der Waals surface area contributed by atoms with Crippen LogP contribution in [-0.2, 0) is 0 Å². The molecule has 0 atom stereocenters. The molecular formula is C48H30N2O. The molecular weight excluding hydrogens is 621 g/mol. The number of aromatic nitrogens is 2. The first-order valence-corrected chi connectivity index (χ1v) is 17.4. The summed E-state index contributed by atoms with van der Waals surface area (Å²) in [6.07, 6.45) is 0. The molecule has 3 aromatic heterocycles. The maximum atomic E-state index is 6.36. The van der Waals surface area contributed by atoms with Crippen LogP contribution in [0.4, 0.5) is 0 Å². The van der Waals surface area contributed by atoms with E-state index in [1.165, 1.54) is 65.9 Å². The van der Waals surface area contributed by atoms with Crippen LogP contribution in [-0.4, -0.2) is 9.13 Å². The summed E-state index contributed by atoms with van der Waals surface area (Å²) in [5.41, 5.74) is 13.6. The summed E-state index contributed by atoms with van der Waals surface area (Å²) < 4.78 is 11.2. The highest BCUT2D eigenvalue weighted by atomic mass is 16.3. The first kappa shape index (κ1) is 28.0. The van der Waals surface area contributed by atoms with Gasteiger partial charge >= 0.3 is 0 Å². The second-order valence-electron chi connectivity index (χ2n) is 13.3. The van der Waals surface area contributed by atoms with E-state index in [0.717, 1.165) is 33.3 Å². The lowest BCUT2D eigenvalue weighted by molar-refractivity contribution is 0.669. The fraction of sp³-hybridized carbons (Fsp3) is 0. The molecule has 0 radical (unpaired) electrons. The quantitative estimate of drug-likeness (QED) is 0.186. The summed E-state index contributed by atoms with van der Waals surface area (Å²) in [5, 5.41) is 7.21. The molecule has 0 aliphatic carbocycles. The van der Waals surface area contributed by atoms with E-state index in [1.54, 1.807) is 0 Å². The highest BCUT2D eigenvalue weighted by molar-refractivity contribution is 6.20. The number of rotatable bonds is 4. The van der Waals surface area contributed by atoms with Gasteiger partial charge in [-0.15, -0.1) is 0 Å². The number of fused-ring (bicyclic) bond motifs is 9. The molecule has 0 aliphatic rings. The zero-order chi connectivity index (χ0) is 33.5. The van der Waals surface area contributed by atoms with Crippen LogP contribution in [0.15, 0.2) is 186 Å². The van der Waals surface area contributed by atoms with Gasteiger partial charge in [-0.25, -0.2) is 0 Å².